The molecule has 7 nitrogen and oxygen atoms in total. The number of halogens is 3. The van der Waals surface area contributed by atoms with Crippen LogP contribution in [-0.2, 0) is 12.6 Å². The molecule has 3 aromatic rings. The average molecular weight is 475 g/mol. The Labute approximate surface area is 194 Å². The topological polar surface area (TPSA) is 78.6 Å². The summed E-state index contributed by atoms with van der Waals surface area (Å²) < 4.78 is 63.1. The number of nitrogens with one attached hydrogen (secondary N) is 1. The summed E-state index contributed by atoms with van der Waals surface area (Å²) in [6, 6.07) is 9.44. The molecule has 2 aliphatic rings. The van der Waals surface area contributed by atoms with E-state index in [9.17, 15) is 13.2 Å². The predicted molar refractivity (Wildman–Crippen MR) is 116 cm³/mol. The van der Waals surface area contributed by atoms with Crippen molar-refractivity contribution in [3.8, 4) is 28.6 Å². The number of ether oxygens (including phenoxy) is 3. The first-order chi connectivity index (χ1) is 16.5. The highest BCUT2D eigenvalue weighted by Crippen LogP contribution is 2.39. The van der Waals surface area contributed by atoms with Crippen molar-refractivity contribution in [3.05, 3.63) is 53.4 Å². The molecule has 34 heavy (non-hydrogen) atoms. The van der Waals surface area contributed by atoms with E-state index in [1.165, 1.54) is 12.1 Å². The fourth-order valence-electron chi connectivity index (χ4n) is 4.11. The van der Waals surface area contributed by atoms with Crippen LogP contribution in [-0.4, -0.2) is 36.5 Å². The molecule has 3 heterocycles. The van der Waals surface area contributed by atoms with Crippen LogP contribution in [0.5, 0.6) is 17.2 Å². The van der Waals surface area contributed by atoms with Gasteiger partial charge in [0.25, 0.3) is 0 Å². The summed E-state index contributed by atoms with van der Waals surface area (Å²) in [6.45, 7) is 2.00. The summed E-state index contributed by atoms with van der Waals surface area (Å²) in [5.41, 5.74) is 0.363. The van der Waals surface area contributed by atoms with E-state index >= 15 is 0 Å². The van der Waals surface area contributed by atoms with Gasteiger partial charge in [0, 0.05) is 5.56 Å². The molecule has 0 saturated carbocycles. The quantitative estimate of drug-likeness (QED) is 0.484. The summed E-state index contributed by atoms with van der Waals surface area (Å²) in [5.74, 6) is 1.68. The zero-order chi connectivity index (χ0) is 23.5. The van der Waals surface area contributed by atoms with Crippen LogP contribution in [0.15, 0.2) is 40.9 Å². The molecule has 0 bridgehead atoms. The van der Waals surface area contributed by atoms with E-state index in [-0.39, 0.29) is 29.8 Å². The Kier molecular flexibility index (Phi) is 6.32. The normalized spacial score (nSPS) is 17.7. The van der Waals surface area contributed by atoms with Gasteiger partial charge >= 0.3 is 6.18 Å². The van der Waals surface area contributed by atoms with Crippen LogP contribution >= 0.6 is 0 Å². The van der Waals surface area contributed by atoms with Gasteiger partial charge in [-0.1, -0.05) is 11.2 Å². The molecule has 1 aromatic heterocycles. The summed E-state index contributed by atoms with van der Waals surface area (Å²) in [5, 5.41) is 7.10. The molecule has 0 radical (unpaired) electrons. The second-order valence-corrected chi connectivity index (χ2v) is 8.24. The van der Waals surface area contributed by atoms with Gasteiger partial charge in [0.1, 0.15) is 19.0 Å². The van der Waals surface area contributed by atoms with Crippen molar-refractivity contribution in [2.45, 2.75) is 37.9 Å². The molecule has 0 amide bonds. The molecular formula is C24H24F3N3O4. The van der Waals surface area contributed by atoms with Gasteiger partial charge in [0.05, 0.1) is 18.2 Å². The Morgan fingerprint density at radius 1 is 1.06 bits per heavy atom. The highest BCUT2D eigenvalue weighted by atomic mass is 19.4. The Hall–Kier alpha value is -3.27. The van der Waals surface area contributed by atoms with Crippen LogP contribution < -0.4 is 19.5 Å². The van der Waals surface area contributed by atoms with Crippen molar-refractivity contribution in [2.75, 3.05) is 26.4 Å². The average Bonchev–Trinajstić information content (AvgIpc) is 3.53. The van der Waals surface area contributed by atoms with Crippen molar-refractivity contribution in [1.82, 2.24) is 15.5 Å². The lowest BCUT2D eigenvalue weighted by atomic mass is 10.1. The van der Waals surface area contributed by atoms with Gasteiger partial charge in [-0.05, 0) is 68.1 Å². The number of hydrogen-bond donors (Lipinski definition) is 1. The van der Waals surface area contributed by atoms with Gasteiger partial charge in [-0.25, -0.2) is 0 Å². The number of fused-ring (bicyclic) bond motifs is 1. The van der Waals surface area contributed by atoms with Crippen molar-refractivity contribution in [2.24, 2.45) is 0 Å². The third-order valence-electron chi connectivity index (χ3n) is 5.82. The Balaban J connectivity index is 1.24. The van der Waals surface area contributed by atoms with Gasteiger partial charge < -0.3 is 24.1 Å². The third-order valence-corrected chi connectivity index (χ3v) is 5.82. The number of aromatic nitrogens is 2. The minimum absolute atomic E-state index is 0.0554. The highest BCUT2D eigenvalue weighted by molar-refractivity contribution is 5.59. The smallest absolute Gasteiger partial charge is 0.419 e. The second kappa shape index (κ2) is 9.54. The summed E-state index contributed by atoms with van der Waals surface area (Å²) >= 11 is 0. The number of aryl methyl sites for hydroxylation is 1. The third kappa shape index (κ3) is 4.96. The van der Waals surface area contributed by atoms with E-state index < -0.39 is 11.7 Å². The molecule has 2 aromatic carbocycles. The molecule has 1 unspecified atom stereocenters. The largest absolute Gasteiger partial charge is 0.493 e. The SMILES string of the molecule is FC(F)(F)c1cc(-c2noc(C3CCCN3)n2)ccc1OCCCc1ccc2c(c1)OCCO2. The molecular weight excluding hydrogens is 451 g/mol. The van der Waals surface area contributed by atoms with Gasteiger partial charge in [-0.3, -0.25) is 0 Å². The van der Waals surface area contributed by atoms with Crippen molar-refractivity contribution in [1.29, 1.82) is 0 Å². The number of nitrogens with zero attached hydrogens (tertiary/aromatic N) is 2. The number of benzene rings is 2. The lowest BCUT2D eigenvalue weighted by Crippen LogP contribution is -2.15. The first-order valence-electron chi connectivity index (χ1n) is 11.3. The molecule has 0 aliphatic carbocycles. The second-order valence-electron chi connectivity index (χ2n) is 8.24. The van der Waals surface area contributed by atoms with E-state index in [4.69, 9.17) is 18.7 Å². The van der Waals surface area contributed by atoms with E-state index in [1.54, 1.807) is 0 Å². The van der Waals surface area contributed by atoms with Gasteiger partial charge in [-0.15, -0.1) is 0 Å². The molecule has 180 valence electrons. The van der Waals surface area contributed by atoms with Crippen LogP contribution in [0.1, 0.15) is 42.3 Å². The summed E-state index contributed by atoms with van der Waals surface area (Å²) in [7, 11) is 0. The Morgan fingerprint density at radius 2 is 1.91 bits per heavy atom. The maximum atomic E-state index is 13.7. The first-order valence-corrected chi connectivity index (χ1v) is 11.3. The van der Waals surface area contributed by atoms with Crippen molar-refractivity contribution >= 4 is 0 Å². The molecule has 1 N–H and O–H groups in total. The number of alkyl halides is 3. The van der Waals surface area contributed by atoms with E-state index in [0.29, 0.717) is 43.4 Å². The van der Waals surface area contributed by atoms with E-state index in [2.05, 4.69) is 15.5 Å². The van der Waals surface area contributed by atoms with Crippen LogP contribution in [0.4, 0.5) is 13.2 Å². The molecule has 1 saturated heterocycles. The minimum Gasteiger partial charge on any atom is -0.493 e. The highest BCUT2D eigenvalue weighted by Gasteiger charge is 2.35. The van der Waals surface area contributed by atoms with Crippen LogP contribution in [0.25, 0.3) is 11.4 Å². The zero-order valence-corrected chi connectivity index (χ0v) is 18.4. The summed E-state index contributed by atoms with van der Waals surface area (Å²) in [6.07, 6.45) is -1.56. The summed E-state index contributed by atoms with van der Waals surface area (Å²) in [4.78, 5) is 4.29. The van der Waals surface area contributed by atoms with Gasteiger partial charge in [0.2, 0.25) is 11.7 Å². The Morgan fingerprint density at radius 3 is 2.71 bits per heavy atom. The molecule has 10 heteroatoms. The molecule has 1 fully saturated rings. The van der Waals surface area contributed by atoms with Gasteiger partial charge in [-0.2, -0.15) is 18.2 Å². The maximum Gasteiger partial charge on any atom is 0.419 e. The lowest BCUT2D eigenvalue weighted by Gasteiger charge is -2.19. The van der Waals surface area contributed by atoms with Crippen molar-refractivity contribution in [3.63, 3.8) is 0 Å². The first kappa shape index (κ1) is 22.5. The van der Waals surface area contributed by atoms with Crippen LogP contribution in [0, 0.1) is 0 Å². The maximum absolute atomic E-state index is 13.7. The predicted octanol–water partition coefficient (Wildman–Crippen LogP) is 4.96. The standard InChI is InChI=1S/C24H24F3N3O4/c25-24(26,27)17-14-16(22-29-23(34-30-22)18-4-1-9-28-18)6-8-19(17)31-10-2-3-15-5-7-20-21(13-15)33-12-11-32-20/h5-8,13-14,18,28H,1-4,9-12H2. The fourth-order valence-corrected chi connectivity index (χ4v) is 4.11. The molecule has 0 spiro atoms. The molecule has 1 atom stereocenters. The monoisotopic (exact) mass is 475 g/mol. The van der Waals surface area contributed by atoms with Crippen LogP contribution in [0.2, 0.25) is 0 Å². The molecule has 2 aliphatic heterocycles. The number of rotatable bonds is 7. The molecule has 5 rings (SSSR count). The number of hydrogen-bond acceptors (Lipinski definition) is 7. The lowest BCUT2D eigenvalue weighted by molar-refractivity contribution is -0.138. The van der Waals surface area contributed by atoms with Crippen LogP contribution in [0.3, 0.4) is 0 Å². The van der Waals surface area contributed by atoms with Gasteiger partial charge in [0.15, 0.2) is 11.5 Å². The zero-order valence-electron chi connectivity index (χ0n) is 18.4. The minimum atomic E-state index is -4.58. The van der Waals surface area contributed by atoms with E-state index in [1.807, 2.05) is 18.2 Å². The van der Waals surface area contributed by atoms with Crippen molar-refractivity contribution < 1.29 is 31.9 Å². The van der Waals surface area contributed by atoms with E-state index in [0.717, 1.165) is 31.0 Å². The Bertz CT molecular complexity index is 1140. The fraction of sp³-hybridized carbons (Fsp3) is 0.417.